The molecule has 0 N–H and O–H groups in total. The Kier molecular flexibility index (Phi) is 6.27. The van der Waals surface area contributed by atoms with Crippen molar-refractivity contribution >= 4 is 0 Å². The maximum atomic E-state index is 2.24. The smallest absolute Gasteiger partial charge is 0.0302 e. The van der Waals surface area contributed by atoms with E-state index in [1.165, 1.54) is 11.1 Å². The van der Waals surface area contributed by atoms with Gasteiger partial charge in [-0.15, -0.1) is 0 Å². The molecule has 0 atom stereocenters. The molecule has 0 amide bonds. The molecule has 0 aliphatic carbocycles. The highest BCUT2D eigenvalue weighted by Gasteiger charge is 2.04. The molecular formula is C14H24. The van der Waals surface area contributed by atoms with Crippen LogP contribution in [0.15, 0.2) is 12.1 Å². The first kappa shape index (κ1) is 13.2. The van der Waals surface area contributed by atoms with Crippen LogP contribution < -0.4 is 0 Å². The van der Waals surface area contributed by atoms with Crippen LogP contribution in [0.2, 0.25) is 0 Å². The molecule has 1 rings (SSSR count). The molecule has 0 saturated carbocycles. The number of hydrogen-bond donors (Lipinski definition) is 0. The Morgan fingerprint density at radius 1 is 0.786 bits per heavy atom. The highest BCUT2D eigenvalue weighted by Crippen LogP contribution is 2.19. The number of hydrogen-bond acceptors (Lipinski definition) is 0. The molecule has 0 aliphatic rings. The minimum absolute atomic E-state index is 1.16. The third-order valence-corrected chi connectivity index (χ3v) is 2.61. The van der Waals surface area contributed by atoms with Crippen LogP contribution in [0.1, 0.15) is 49.9 Å². The van der Waals surface area contributed by atoms with Crippen LogP contribution in [0.4, 0.5) is 0 Å². The number of benzene rings is 1. The van der Waals surface area contributed by atoms with Gasteiger partial charge in [-0.1, -0.05) is 39.8 Å². The molecule has 0 heterocycles. The molecule has 0 saturated heterocycles. The minimum atomic E-state index is 1.16. The van der Waals surface area contributed by atoms with E-state index in [0.717, 1.165) is 12.8 Å². The van der Waals surface area contributed by atoms with Gasteiger partial charge in [-0.05, 0) is 48.9 Å². The maximum absolute atomic E-state index is 2.24. The molecule has 0 spiro atoms. The van der Waals surface area contributed by atoms with Crippen molar-refractivity contribution in [2.45, 2.75) is 54.4 Å². The van der Waals surface area contributed by atoms with Crippen molar-refractivity contribution < 1.29 is 0 Å². The lowest BCUT2D eigenvalue weighted by Crippen LogP contribution is -1.97. The molecule has 0 unspecified atom stereocenters. The lowest BCUT2D eigenvalue weighted by Gasteiger charge is -2.12. The Labute approximate surface area is 89.4 Å². The van der Waals surface area contributed by atoms with Gasteiger partial charge in [0.05, 0.1) is 0 Å². The van der Waals surface area contributed by atoms with Gasteiger partial charge in [-0.2, -0.15) is 0 Å². The molecule has 0 aromatic heterocycles. The van der Waals surface area contributed by atoms with Crippen LogP contribution in [-0.2, 0) is 12.8 Å². The van der Waals surface area contributed by atoms with Crippen LogP contribution in [0.5, 0.6) is 0 Å². The molecule has 0 nitrogen and oxygen atoms in total. The van der Waals surface area contributed by atoms with E-state index in [9.17, 15) is 0 Å². The summed E-state index contributed by atoms with van der Waals surface area (Å²) in [7, 11) is 0. The Hall–Kier alpha value is -0.780. The monoisotopic (exact) mass is 192 g/mol. The Balaban J connectivity index is 0.000000791. The average Bonchev–Trinajstić information content (AvgIpc) is 2.24. The number of rotatable bonds is 2. The standard InChI is InChI=1S/C12H18.C2H6/c1-5-11-9(3)7-8-10(4)12(11)6-2;1-2/h7-8H,5-6H2,1-4H3;1-2H3. The fraction of sp³-hybridized carbons (Fsp3) is 0.571. The first-order chi connectivity index (χ1) is 6.70. The van der Waals surface area contributed by atoms with Gasteiger partial charge in [0.2, 0.25) is 0 Å². The van der Waals surface area contributed by atoms with Crippen molar-refractivity contribution in [2.24, 2.45) is 0 Å². The lowest BCUT2D eigenvalue weighted by atomic mass is 9.94. The summed E-state index contributed by atoms with van der Waals surface area (Å²) in [4.78, 5) is 0. The third-order valence-electron chi connectivity index (χ3n) is 2.61. The van der Waals surface area contributed by atoms with Crippen molar-refractivity contribution in [2.75, 3.05) is 0 Å². The second kappa shape index (κ2) is 6.64. The van der Waals surface area contributed by atoms with Gasteiger partial charge in [0.15, 0.2) is 0 Å². The van der Waals surface area contributed by atoms with Crippen LogP contribution in [0.3, 0.4) is 0 Å². The normalized spacial score (nSPS) is 9.29. The van der Waals surface area contributed by atoms with Crippen LogP contribution in [0, 0.1) is 13.8 Å². The first-order valence-electron chi connectivity index (χ1n) is 5.78. The van der Waals surface area contributed by atoms with E-state index < -0.39 is 0 Å². The summed E-state index contributed by atoms with van der Waals surface area (Å²) in [5, 5.41) is 0. The third kappa shape index (κ3) is 2.87. The van der Waals surface area contributed by atoms with Crippen molar-refractivity contribution in [3.8, 4) is 0 Å². The fourth-order valence-corrected chi connectivity index (χ4v) is 1.91. The molecule has 0 heteroatoms. The Morgan fingerprint density at radius 3 is 1.29 bits per heavy atom. The summed E-state index contributed by atoms with van der Waals surface area (Å²) < 4.78 is 0. The van der Waals surface area contributed by atoms with Gasteiger partial charge in [-0.25, -0.2) is 0 Å². The van der Waals surface area contributed by atoms with E-state index in [4.69, 9.17) is 0 Å². The van der Waals surface area contributed by atoms with E-state index in [1.807, 2.05) is 13.8 Å². The summed E-state index contributed by atoms with van der Waals surface area (Å²) in [6, 6.07) is 4.46. The van der Waals surface area contributed by atoms with E-state index in [2.05, 4.69) is 39.8 Å². The average molecular weight is 192 g/mol. The fourth-order valence-electron chi connectivity index (χ4n) is 1.91. The van der Waals surface area contributed by atoms with Gasteiger partial charge in [0, 0.05) is 0 Å². The molecular weight excluding hydrogens is 168 g/mol. The van der Waals surface area contributed by atoms with Gasteiger partial charge in [-0.3, -0.25) is 0 Å². The van der Waals surface area contributed by atoms with Crippen molar-refractivity contribution in [1.82, 2.24) is 0 Å². The molecule has 0 aliphatic heterocycles. The van der Waals surface area contributed by atoms with E-state index in [0.29, 0.717) is 0 Å². The molecule has 0 fully saturated rings. The Bertz CT molecular complexity index is 243. The molecule has 14 heavy (non-hydrogen) atoms. The van der Waals surface area contributed by atoms with Gasteiger partial charge in [0.1, 0.15) is 0 Å². The van der Waals surface area contributed by atoms with Gasteiger partial charge in [0.25, 0.3) is 0 Å². The van der Waals surface area contributed by atoms with Crippen molar-refractivity contribution in [1.29, 1.82) is 0 Å². The van der Waals surface area contributed by atoms with Gasteiger partial charge < -0.3 is 0 Å². The predicted octanol–water partition coefficient (Wildman–Crippen LogP) is 4.45. The molecule has 1 aromatic rings. The highest BCUT2D eigenvalue weighted by atomic mass is 14.1. The SMILES string of the molecule is CC.CCc1c(C)ccc(C)c1CC. The second-order valence-electron chi connectivity index (χ2n) is 3.36. The topological polar surface area (TPSA) is 0 Å². The summed E-state index contributed by atoms with van der Waals surface area (Å²) in [6.07, 6.45) is 2.33. The van der Waals surface area contributed by atoms with E-state index in [-0.39, 0.29) is 0 Å². The molecule has 0 radical (unpaired) electrons. The van der Waals surface area contributed by atoms with Crippen molar-refractivity contribution in [3.05, 3.63) is 34.4 Å². The lowest BCUT2D eigenvalue weighted by molar-refractivity contribution is 1.00. The second-order valence-corrected chi connectivity index (χ2v) is 3.36. The minimum Gasteiger partial charge on any atom is -0.0683 e. The summed E-state index contributed by atoms with van der Waals surface area (Å²) in [5.74, 6) is 0. The highest BCUT2D eigenvalue weighted by molar-refractivity contribution is 5.39. The Morgan fingerprint density at radius 2 is 1.07 bits per heavy atom. The maximum Gasteiger partial charge on any atom is -0.0302 e. The summed E-state index contributed by atoms with van der Waals surface area (Å²) in [6.45, 7) is 12.9. The molecule has 1 aromatic carbocycles. The number of aryl methyl sites for hydroxylation is 2. The van der Waals surface area contributed by atoms with Crippen LogP contribution >= 0.6 is 0 Å². The zero-order chi connectivity index (χ0) is 11.1. The van der Waals surface area contributed by atoms with Gasteiger partial charge >= 0.3 is 0 Å². The van der Waals surface area contributed by atoms with E-state index >= 15 is 0 Å². The summed E-state index contributed by atoms with van der Waals surface area (Å²) >= 11 is 0. The molecule has 0 bridgehead atoms. The zero-order valence-corrected chi connectivity index (χ0v) is 10.6. The quantitative estimate of drug-likeness (QED) is 0.649. The predicted molar refractivity (Wildman–Crippen MR) is 66.0 cm³/mol. The zero-order valence-electron chi connectivity index (χ0n) is 10.6. The molecule has 80 valence electrons. The van der Waals surface area contributed by atoms with Crippen LogP contribution in [-0.4, -0.2) is 0 Å². The van der Waals surface area contributed by atoms with Crippen LogP contribution in [0.25, 0.3) is 0 Å². The summed E-state index contributed by atoms with van der Waals surface area (Å²) in [5.41, 5.74) is 6.00. The first-order valence-corrected chi connectivity index (χ1v) is 5.78. The van der Waals surface area contributed by atoms with Crippen molar-refractivity contribution in [3.63, 3.8) is 0 Å². The largest absolute Gasteiger partial charge is 0.0683 e. The van der Waals surface area contributed by atoms with E-state index in [1.54, 1.807) is 11.1 Å².